The van der Waals surface area contributed by atoms with Gasteiger partial charge in [-0.3, -0.25) is 19.1 Å². The predicted octanol–water partition coefficient (Wildman–Crippen LogP) is 5.17. The first-order valence-corrected chi connectivity index (χ1v) is 19.5. The summed E-state index contributed by atoms with van der Waals surface area (Å²) in [6, 6.07) is 13.2. The fourth-order valence-corrected chi connectivity index (χ4v) is 9.06. The summed E-state index contributed by atoms with van der Waals surface area (Å²) in [6.07, 6.45) is 8.62. The summed E-state index contributed by atoms with van der Waals surface area (Å²) in [5.41, 5.74) is 0.0913. The van der Waals surface area contributed by atoms with E-state index < -0.39 is 50.3 Å². The summed E-state index contributed by atoms with van der Waals surface area (Å²) >= 11 is 7.51. The fourth-order valence-electron chi connectivity index (χ4n) is 6.74. The van der Waals surface area contributed by atoms with E-state index in [0.717, 1.165) is 41.6 Å². The van der Waals surface area contributed by atoms with Gasteiger partial charge in [0.05, 0.1) is 21.5 Å². The van der Waals surface area contributed by atoms with Crippen molar-refractivity contribution in [1.29, 1.82) is 0 Å². The van der Waals surface area contributed by atoms with Crippen molar-refractivity contribution >= 4 is 66.6 Å². The topological polar surface area (TPSA) is 147 Å². The molecule has 0 bridgehead atoms. The average Bonchev–Trinajstić information content (AvgIpc) is 3.88. The molecular formula is C35H40ClN5O6S2. The molecule has 3 N–H and O–H groups in total. The Balaban J connectivity index is 1.18. The van der Waals surface area contributed by atoms with Crippen LogP contribution in [0, 0.1) is 5.92 Å². The molecule has 7 rings (SSSR count). The van der Waals surface area contributed by atoms with Crippen molar-refractivity contribution in [2.45, 2.75) is 93.2 Å². The Morgan fingerprint density at radius 1 is 1.10 bits per heavy atom. The highest BCUT2D eigenvalue weighted by atomic mass is 35.5. The summed E-state index contributed by atoms with van der Waals surface area (Å²) in [5.74, 6) is -1.89. The number of aromatic nitrogens is 1. The number of allylic oxidation sites excluding steroid dienone is 1. The number of para-hydroxylation sites is 1. The Morgan fingerprint density at radius 3 is 2.63 bits per heavy atom. The zero-order chi connectivity index (χ0) is 34.4. The highest BCUT2D eigenvalue weighted by molar-refractivity contribution is 7.91. The van der Waals surface area contributed by atoms with E-state index in [-0.39, 0.29) is 31.2 Å². The predicted molar refractivity (Wildman–Crippen MR) is 189 cm³/mol. The third-order valence-corrected chi connectivity index (χ3v) is 13.5. The molecule has 3 amide bonds. The van der Waals surface area contributed by atoms with Crippen LogP contribution >= 0.6 is 22.9 Å². The number of halogens is 1. The van der Waals surface area contributed by atoms with Gasteiger partial charge in [0.2, 0.25) is 21.8 Å². The molecule has 260 valence electrons. The smallest absolute Gasteiger partial charge is 0.274 e. The number of carbonyl (C=O) groups excluding carboxylic acids is 3. The number of nitrogens with zero attached hydrogens (tertiary/aromatic N) is 2. The van der Waals surface area contributed by atoms with E-state index in [1.807, 2.05) is 48.6 Å². The highest BCUT2D eigenvalue weighted by Gasteiger charge is 2.63. The van der Waals surface area contributed by atoms with Crippen molar-refractivity contribution in [2.24, 2.45) is 5.92 Å². The van der Waals surface area contributed by atoms with E-state index in [1.54, 1.807) is 24.0 Å². The van der Waals surface area contributed by atoms with E-state index in [9.17, 15) is 22.8 Å². The van der Waals surface area contributed by atoms with E-state index in [0.29, 0.717) is 29.5 Å². The Kier molecular flexibility index (Phi) is 9.12. The normalized spacial score (nSPS) is 28.4. The van der Waals surface area contributed by atoms with Crippen LogP contribution in [0.3, 0.4) is 0 Å². The van der Waals surface area contributed by atoms with E-state index in [4.69, 9.17) is 16.3 Å². The third-order valence-electron chi connectivity index (χ3n) is 10.2. The summed E-state index contributed by atoms with van der Waals surface area (Å²) < 4.78 is 34.7. The maximum Gasteiger partial charge on any atom is 0.274 e. The van der Waals surface area contributed by atoms with Crippen LogP contribution in [-0.4, -0.2) is 71.0 Å². The molecule has 0 unspecified atom stereocenters. The lowest BCUT2D eigenvalue weighted by molar-refractivity contribution is -0.140. The molecule has 1 saturated heterocycles. The number of anilines is 1. The second-order valence-corrected chi connectivity index (χ2v) is 17.5. The first-order valence-electron chi connectivity index (χ1n) is 16.9. The molecule has 4 aliphatic rings. The average molecular weight is 726 g/mol. The Hall–Kier alpha value is -3.68. The van der Waals surface area contributed by atoms with Gasteiger partial charge < -0.3 is 20.3 Å². The second kappa shape index (κ2) is 13.2. The Bertz CT molecular complexity index is 1860. The number of sulfonamides is 1. The van der Waals surface area contributed by atoms with Crippen molar-refractivity contribution in [1.82, 2.24) is 19.9 Å². The first kappa shape index (κ1) is 33.8. The number of thiazole rings is 1. The fraction of sp³-hybridized carbons (Fsp3) is 0.486. The molecule has 3 aromatic rings. The quantitative estimate of drug-likeness (QED) is 0.283. The molecule has 2 aliphatic carbocycles. The number of benzene rings is 2. The number of fused-ring (bicyclic) bond motifs is 3. The highest BCUT2D eigenvalue weighted by Crippen LogP contribution is 2.47. The minimum absolute atomic E-state index is 0.140. The van der Waals surface area contributed by atoms with E-state index in [2.05, 4.69) is 20.3 Å². The minimum atomic E-state index is -3.93. The summed E-state index contributed by atoms with van der Waals surface area (Å²) in [4.78, 5) is 48.6. The van der Waals surface area contributed by atoms with Gasteiger partial charge in [-0.15, -0.1) is 0 Å². The van der Waals surface area contributed by atoms with E-state index in [1.165, 1.54) is 11.3 Å². The lowest BCUT2D eigenvalue weighted by Gasteiger charge is -2.30. The molecule has 2 aliphatic heterocycles. The van der Waals surface area contributed by atoms with Crippen LogP contribution in [0.15, 0.2) is 60.7 Å². The van der Waals surface area contributed by atoms with Crippen molar-refractivity contribution in [2.75, 3.05) is 11.9 Å². The van der Waals surface area contributed by atoms with Crippen LogP contribution < -0.4 is 20.1 Å². The molecule has 5 atom stereocenters. The van der Waals surface area contributed by atoms with Crippen molar-refractivity contribution in [3.63, 3.8) is 0 Å². The lowest BCUT2D eigenvalue weighted by atomic mass is 10.0. The molecule has 2 saturated carbocycles. The largest absolute Gasteiger partial charge is 0.465 e. The van der Waals surface area contributed by atoms with Gasteiger partial charge in [-0.1, -0.05) is 60.1 Å². The number of amides is 3. The van der Waals surface area contributed by atoms with Crippen molar-refractivity contribution < 1.29 is 27.5 Å². The van der Waals surface area contributed by atoms with Crippen LogP contribution in [0.4, 0.5) is 5.69 Å². The zero-order valence-corrected chi connectivity index (χ0v) is 29.6. The summed E-state index contributed by atoms with van der Waals surface area (Å²) in [5, 5.41) is 7.33. The third kappa shape index (κ3) is 7.02. The monoisotopic (exact) mass is 725 g/mol. The Morgan fingerprint density at radius 2 is 1.88 bits per heavy atom. The number of nitrogens with one attached hydrogen (secondary N) is 3. The second-order valence-electron chi connectivity index (χ2n) is 13.9. The molecule has 0 radical (unpaired) electrons. The van der Waals surface area contributed by atoms with E-state index >= 15 is 0 Å². The van der Waals surface area contributed by atoms with Crippen LogP contribution in [0.2, 0.25) is 5.02 Å². The molecule has 14 heteroatoms. The lowest BCUT2D eigenvalue weighted by Crippen LogP contribution is -2.58. The molecule has 49 heavy (non-hydrogen) atoms. The molecule has 3 fully saturated rings. The van der Waals surface area contributed by atoms with Crippen LogP contribution in [-0.2, 0) is 24.4 Å². The molecule has 11 nitrogen and oxygen atoms in total. The van der Waals surface area contributed by atoms with Crippen molar-refractivity contribution in [3.8, 4) is 5.19 Å². The number of hydrogen-bond acceptors (Lipinski definition) is 9. The number of rotatable bonds is 7. The molecule has 0 spiro atoms. The van der Waals surface area contributed by atoms with Gasteiger partial charge in [0.25, 0.3) is 11.1 Å². The summed E-state index contributed by atoms with van der Waals surface area (Å²) in [6.45, 7) is 1.75. The standard InChI is InChI=1S/C35H40ClN5O6S2/c1-34(17-18-34)49(45,46)40-32(44)35-20-22(35)9-5-3-2-4-6-11-27(37-24-15-13-23(36)14-16-24)31(43)41-21-25(19-28(41)30(42)39-35)47-33-38-26-10-7-8-12-29(26)48-33/h5,7-10,12-16,22,25,27-28,37H,2-4,6,11,17-21H2,1H3,(H,39,42)(H,40,44)/t22-,25-,27+,28+,35-/m1/s1. The van der Waals surface area contributed by atoms with Gasteiger partial charge in [-0.05, 0) is 81.8 Å². The number of hydrogen-bond donors (Lipinski definition) is 3. The SMILES string of the molecule is CC1(S(=O)(=O)NC(=O)[C@@]23C[C@H]2C=CCCCCC[C@H](Nc2ccc(Cl)cc2)C(=O)N2C[C@H](Oc4nc5ccccc5s4)C[C@H]2C(=O)N3)CC1. The van der Waals surface area contributed by atoms with Gasteiger partial charge in [0.15, 0.2) is 0 Å². The molecule has 1 aromatic heterocycles. The molecule has 2 aromatic carbocycles. The zero-order valence-electron chi connectivity index (χ0n) is 27.2. The van der Waals surface area contributed by atoms with Gasteiger partial charge in [-0.2, -0.15) is 0 Å². The first-order chi connectivity index (χ1) is 23.5. The molecule has 3 heterocycles. The number of ether oxygens (including phenoxy) is 1. The van der Waals surface area contributed by atoms with Gasteiger partial charge >= 0.3 is 0 Å². The summed E-state index contributed by atoms with van der Waals surface area (Å²) in [7, 11) is -3.93. The van der Waals surface area contributed by atoms with Crippen LogP contribution in [0.5, 0.6) is 5.19 Å². The van der Waals surface area contributed by atoms with Gasteiger partial charge in [0, 0.05) is 23.0 Å². The maximum absolute atomic E-state index is 14.4. The molecular weight excluding hydrogens is 686 g/mol. The number of carbonyl (C=O) groups is 3. The van der Waals surface area contributed by atoms with Crippen molar-refractivity contribution in [3.05, 3.63) is 65.7 Å². The maximum atomic E-state index is 14.4. The van der Waals surface area contributed by atoms with Crippen LogP contribution in [0.25, 0.3) is 10.2 Å². The van der Waals surface area contributed by atoms with Crippen LogP contribution in [0.1, 0.15) is 64.7 Å². The van der Waals surface area contributed by atoms with Gasteiger partial charge in [-0.25, -0.2) is 13.4 Å². The van der Waals surface area contributed by atoms with Gasteiger partial charge in [0.1, 0.15) is 23.7 Å². The minimum Gasteiger partial charge on any atom is -0.465 e. The Labute approximate surface area is 294 Å².